The Morgan fingerprint density at radius 1 is 1.26 bits per heavy atom. The number of hydrogen-bond acceptors (Lipinski definition) is 2. The number of halogens is 2. The van der Waals surface area contributed by atoms with Crippen LogP contribution >= 0.6 is 11.6 Å². The van der Waals surface area contributed by atoms with E-state index in [1.165, 1.54) is 18.2 Å². The van der Waals surface area contributed by atoms with E-state index in [1.54, 1.807) is 0 Å². The molecule has 1 atom stereocenters. The van der Waals surface area contributed by atoms with Crippen LogP contribution in [0.25, 0.3) is 0 Å². The molecule has 2 rings (SSSR count). The second-order valence-corrected chi connectivity index (χ2v) is 4.76. The van der Waals surface area contributed by atoms with Crippen LogP contribution in [-0.2, 0) is 6.61 Å². The van der Waals surface area contributed by atoms with Crippen LogP contribution < -0.4 is 10.5 Å². The minimum absolute atomic E-state index is 0.126. The van der Waals surface area contributed by atoms with Crippen LogP contribution in [0.2, 0.25) is 5.02 Å². The van der Waals surface area contributed by atoms with Crippen molar-refractivity contribution in [3.8, 4) is 5.75 Å². The highest BCUT2D eigenvalue weighted by atomic mass is 35.5. The molecule has 2 nitrogen and oxygen atoms in total. The first-order chi connectivity index (χ1) is 9.08. The third kappa shape index (κ3) is 3.46. The molecule has 0 spiro atoms. The van der Waals surface area contributed by atoms with E-state index in [0.29, 0.717) is 16.3 Å². The van der Waals surface area contributed by atoms with Gasteiger partial charge in [0, 0.05) is 22.2 Å². The molecule has 0 unspecified atom stereocenters. The van der Waals surface area contributed by atoms with Gasteiger partial charge in [0.1, 0.15) is 18.2 Å². The molecule has 0 heterocycles. The zero-order valence-electron chi connectivity index (χ0n) is 10.6. The van der Waals surface area contributed by atoms with E-state index in [1.807, 2.05) is 31.2 Å². The standard InChI is InChI=1S/C15H15ClFNO/c1-10(18)13-4-2-3-5-15(13)19-9-11-8-12(17)6-7-14(11)16/h2-8,10H,9,18H2,1H3/t10-/m1/s1. The number of hydrogen-bond donors (Lipinski definition) is 1. The van der Waals surface area contributed by atoms with Crippen molar-refractivity contribution in [2.45, 2.75) is 19.6 Å². The molecule has 2 aromatic rings. The lowest BCUT2D eigenvalue weighted by Gasteiger charge is -2.14. The molecule has 0 aliphatic carbocycles. The lowest BCUT2D eigenvalue weighted by atomic mass is 10.1. The molecule has 100 valence electrons. The van der Waals surface area contributed by atoms with Crippen molar-refractivity contribution in [2.75, 3.05) is 0 Å². The summed E-state index contributed by atoms with van der Waals surface area (Å²) in [5, 5.41) is 0.486. The first-order valence-electron chi connectivity index (χ1n) is 5.99. The average Bonchev–Trinajstić information content (AvgIpc) is 2.40. The molecule has 0 saturated heterocycles. The topological polar surface area (TPSA) is 35.2 Å². The van der Waals surface area contributed by atoms with Gasteiger partial charge in [0.05, 0.1) is 0 Å². The van der Waals surface area contributed by atoms with E-state index in [2.05, 4.69) is 0 Å². The third-order valence-electron chi connectivity index (χ3n) is 2.80. The smallest absolute Gasteiger partial charge is 0.124 e. The van der Waals surface area contributed by atoms with Gasteiger partial charge in [0.25, 0.3) is 0 Å². The van der Waals surface area contributed by atoms with Gasteiger partial charge < -0.3 is 10.5 Å². The van der Waals surface area contributed by atoms with Crippen LogP contribution in [0, 0.1) is 5.82 Å². The van der Waals surface area contributed by atoms with Gasteiger partial charge in [-0.15, -0.1) is 0 Å². The molecule has 0 fully saturated rings. The predicted octanol–water partition coefficient (Wildman–Crippen LogP) is 4.08. The summed E-state index contributed by atoms with van der Waals surface area (Å²) in [5.41, 5.74) is 7.40. The Kier molecular flexibility index (Phi) is 4.40. The van der Waals surface area contributed by atoms with Crippen molar-refractivity contribution in [1.29, 1.82) is 0 Å². The zero-order chi connectivity index (χ0) is 13.8. The number of rotatable bonds is 4. The lowest BCUT2D eigenvalue weighted by molar-refractivity contribution is 0.301. The Morgan fingerprint density at radius 3 is 2.74 bits per heavy atom. The quantitative estimate of drug-likeness (QED) is 0.915. The number of benzene rings is 2. The van der Waals surface area contributed by atoms with E-state index >= 15 is 0 Å². The minimum Gasteiger partial charge on any atom is -0.489 e. The maximum absolute atomic E-state index is 13.1. The van der Waals surface area contributed by atoms with Crippen LogP contribution in [0.15, 0.2) is 42.5 Å². The zero-order valence-corrected chi connectivity index (χ0v) is 11.3. The fraction of sp³-hybridized carbons (Fsp3) is 0.200. The van der Waals surface area contributed by atoms with Crippen molar-refractivity contribution in [2.24, 2.45) is 5.73 Å². The van der Waals surface area contributed by atoms with Gasteiger partial charge in [-0.3, -0.25) is 0 Å². The maximum Gasteiger partial charge on any atom is 0.124 e. The molecular weight excluding hydrogens is 265 g/mol. The molecule has 0 aliphatic rings. The molecule has 2 N–H and O–H groups in total. The highest BCUT2D eigenvalue weighted by Crippen LogP contribution is 2.25. The fourth-order valence-corrected chi connectivity index (χ4v) is 1.97. The van der Waals surface area contributed by atoms with Crippen molar-refractivity contribution < 1.29 is 9.13 Å². The van der Waals surface area contributed by atoms with Gasteiger partial charge in [-0.2, -0.15) is 0 Å². The Bertz CT molecular complexity index is 572. The lowest BCUT2D eigenvalue weighted by Crippen LogP contribution is -2.08. The monoisotopic (exact) mass is 279 g/mol. The van der Waals surface area contributed by atoms with Crippen molar-refractivity contribution in [3.05, 3.63) is 64.4 Å². The Balaban J connectivity index is 2.17. The van der Waals surface area contributed by atoms with Gasteiger partial charge in [-0.05, 0) is 31.2 Å². The molecule has 19 heavy (non-hydrogen) atoms. The summed E-state index contributed by atoms with van der Waals surface area (Å²) < 4.78 is 18.8. The molecule has 0 amide bonds. The molecule has 0 aliphatic heterocycles. The SMILES string of the molecule is C[C@@H](N)c1ccccc1OCc1cc(F)ccc1Cl. The molecule has 0 radical (unpaired) electrons. The number of para-hydroxylation sites is 1. The normalized spacial score (nSPS) is 12.2. The summed E-state index contributed by atoms with van der Waals surface area (Å²) in [6.45, 7) is 2.09. The first-order valence-corrected chi connectivity index (χ1v) is 6.37. The summed E-state index contributed by atoms with van der Waals surface area (Å²) in [7, 11) is 0. The maximum atomic E-state index is 13.1. The van der Waals surface area contributed by atoms with Gasteiger partial charge in [0.15, 0.2) is 0 Å². The Hall–Kier alpha value is -1.58. The van der Waals surface area contributed by atoms with Gasteiger partial charge in [0.2, 0.25) is 0 Å². The van der Waals surface area contributed by atoms with E-state index < -0.39 is 0 Å². The predicted molar refractivity (Wildman–Crippen MR) is 74.8 cm³/mol. The van der Waals surface area contributed by atoms with Crippen LogP contribution in [0.3, 0.4) is 0 Å². The third-order valence-corrected chi connectivity index (χ3v) is 3.17. The summed E-state index contributed by atoms with van der Waals surface area (Å²) >= 11 is 5.99. The van der Waals surface area contributed by atoms with Crippen molar-refractivity contribution in [1.82, 2.24) is 0 Å². The summed E-state index contributed by atoms with van der Waals surface area (Å²) in [4.78, 5) is 0. The van der Waals surface area contributed by atoms with E-state index in [4.69, 9.17) is 22.1 Å². The van der Waals surface area contributed by atoms with Crippen LogP contribution in [0.4, 0.5) is 4.39 Å². The minimum atomic E-state index is -0.330. The van der Waals surface area contributed by atoms with Crippen LogP contribution in [0.5, 0.6) is 5.75 Å². The van der Waals surface area contributed by atoms with E-state index in [-0.39, 0.29) is 18.5 Å². The summed E-state index contributed by atoms with van der Waals surface area (Å²) in [6.07, 6.45) is 0. The molecule has 4 heteroatoms. The molecular formula is C15H15ClFNO. The highest BCUT2D eigenvalue weighted by molar-refractivity contribution is 6.31. The molecule has 0 saturated carbocycles. The Labute approximate surface area is 117 Å². The first kappa shape index (κ1) is 13.8. The summed E-state index contributed by atoms with van der Waals surface area (Å²) in [6, 6.07) is 11.6. The summed E-state index contributed by atoms with van der Waals surface area (Å²) in [5.74, 6) is 0.362. The molecule has 2 aromatic carbocycles. The second kappa shape index (κ2) is 6.04. The second-order valence-electron chi connectivity index (χ2n) is 4.35. The average molecular weight is 280 g/mol. The van der Waals surface area contributed by atoms with Gasteiger partial charge in [-0.25, -0.2) is 4.39 Å². The van der Waals surface area contributed by atoms with Crippen molar-refractivity contribution in [3.63, 3.8) is 0 Å². The van der Waals surface area contributed by atoms with E-state index in [0.717, 1.165) is 5.56 Å². The fourth-order valence-electron chi connectivity index (χ4n) is 1.80. The number of ether oxygens (including phenoxy) is 1. The van der Waals surface area contributed by atoms with Gasteiger partial charge >= 0.3 is 0 Å². The largest absolute Gasteiger partial charge is 0.489 e. The molecule has 0 aromatic heterocycles. The Morgan fingerprint density at radius 2 is 2.00 bits per heavy atom. The van der Waals surface area contributed by atoms with Gasteiger partial charge in [-0.1, -0.05) is 29.8 Å². The van der Waals surface area contributed by atoms with Crippen LogP contribution in [-0.4, -0.2) is 0 Å². The number of nitrogens with two attached hydrogens (primary N) is 1. The highest BCUT2D eigenvalue weighted by Gasteiger charge is 2.09. The molecule has 0 bridgehead atoms. The van der Waals surface area contributed by atoms with Crippen molar-refractivity contribution >= 4 is 11.6 Å². The van der Waals surface area contributed by atoms with E-state index in [9.17, 15) is 4.39 Å². The van der Waals surface area contributed by atoms with Crippen LogP contribution in [0.1, 0.15) is 24.1 Å².